The first-order valence-electron chi connectivity index (χ1n) is 6.72. The highest BCUT2D eigenvalue weighted by atomic mass is 16.6. The molecular formula is C14H25NO3. The molecule has 4 heteroatoms. The van der Waals surface area contributed by atoms with Crippen LogP contribution >= 0.6 is 0 Å². The van der Waals surface area contributed by atoms with E-state index in [1.165, 1.54) is 12.8 Å². The molecule has 0 aliphatic heterocycles. The standard InChI is InChI=1S/C14H25NO3/c1-13(2,3)18-12(17)15-14(4,10-16)9-11-7-5-6-8-11/h10-11H,5-9H2,1-4H3,(H,15,17). The molecule has 1 amide bonds. The van der Waals surface area contributed by atoms with Crippen molar-refractivity contribution in [1.29, 1.82) is 0 Å². The molecule has 0 aromatic heterocycles. The first-order chi connectivity index (χ1) is 8.24. The zero-order valence-electron chi connectivity index (χ0n) is 11.9. The molecule has 1 rings (SSSR count). The fourth-order valence-corrected chi connectivity index (χ4v) is 2.48. The fourth-order valence-electron chi connectivity index (χ4n) is 2.48. The van der Waals surface area contributed by atoms with Gasteiger partial charge in [0.05, 0.1) is 5.54 Å². The summed E-state index contributed by atoms with van der Waals surface area (Å²) in [6.45, 7) is 7.19. The topological polar surface area (TPSA) is 55.4 Å². The maximum Gasteiger partial charge on any atom is 0.408 e. The SMILES string of the molecule is CC(C=O)(CC1CCCC1)NC(=O)OC(C)(C)C. The minimum Gasteiger partial charge on any atom is -0.444 e. The van der Waals surface area contributed by atoms with Crippen LogP contribution in [0.2, 0.25) is 0 Å². The van der Waals surface area contributed by atoms with E-state index in [1.807, 2.05) is 20.8 Å². The molecule has 104 valence electrons. The summed E-state index contributed by atoms with van der Waals surface area (Å²) < 4.78 is 5.19. The number of amides is 1. The van der Waals surface area contributed by atoms with Crippen molar-refractivity contribution in [1.82, 2.24) is 5.32 Å². The van der Waals surface area contributed by atoms with Gasteiger partial charge in [-0.2, -0.15) is 0 Å². The monoisotopic (exact) mass is 255 g/mol. The summed E-state index contributed by atoms with van der Waals surface area (Å²) in [6.07, 6.45) is 5.78. The number of ether oxygens (including phenoxy) is 1. The molecule has 1 aliphatic rings. The van der Waals surface area contributed by atoms with Crippen molar-refractivity contribution in [2.75, 3.05) is 0 Å². The first kappa shape index (κ1) is 15.0. The Balaban J connectivity index is 2.53. The third kappa shape index (κ3) is 5.07. The van der Waals surface area contributed by atoms with Crippen molar-refractivity contribution >= 4 is 12.4 Å². The molecule has 1 N–H and O–H groups in total. The van der Waals surface area contributed by atoms with Crippen molar-refractivity contribution in [2.24, 2.45) is 5.92 Å². The Morgan fingerprint density at radius 3 is 2.28 bits per heavy atom. The van der Waals surface area contributed by atoms with Gasteiger partial charge in [-0.15, -0.1) is 0 Å². The van der Waals surface area contributed by atoms with Crippen LogP contribution in [0, 0.1) is 5.92 Å². The van der Waals surface area contributed by atoms with Gasteiger partial charge in [-0.1, -0.05) is 25.7 Å². The van der Waals surface area contributed by atoms with Gasteiger partial charge in [-0.05, 0) is 40.0 Å². The molecule has 1 unspecified atom stereocenters. The minimum absolute atomic E-state index is 0.518. The van der Waals surface area contributed by atoms with Crippen LogP contribution in [0.5, 0.6) is 0 Å². The normalized spacial score (nSPS) is 20.2. The third-order valence-corrected chi connectivity index (χ3v) is 3.23. The molecule has 0 aromatic carbocycles. The highest BCUT2D eigenvalue weighted by Crippen LogP contribution is 2.31. The van der Waals surface area contributed by atoms with Crippen LogP contribution in [0.15, 0.2) is 0 Å². The van der Waals surface area contributed by atoms with Crippen molar-refractivity contribution in [3.8, 4) is 0 Å². The van der Waals surface area contributed by atoms with E-state index in [9.17, 15) is 9.59 Å². The Hall–Kier alpha value is -1.06. The Morgan fingerprint density at radius 1 is 1.28 bits per heavy atom. The predicted molar refractivity (Wildman–Crippen MR) is 70.4 cm³/mol. The zero-order valence-corrected chi connectivity index (χ0v) is 11.9. The van der Waals surface area contributed by atoms with E-state index in [0.29, 0.717) is 12.3 Å². The van der Waals surface area contributed by atoms with Gasteiger partial charge < -0.3 is 14.8 Å². The number of rotatable bonds is 4. The molecule has 1 atom stereocenters. The second kappa shape index (κ2) is 5.72. The van der Waals surface area contributed by atoms with E-state index in [2.05, 4.69) is 5.32 Å². The van der Waals surface area contributed by atoms with Crippen molar-refractivity contribution in [3.63, 3.8) is 0 Å². The smallest absolute Gasteiger partial charge is 0.408 e. The zero-order chi connectivity index (χ0) is 13.8. The van der Waals surface area contributed by atoms with Crippen molar-refractivity contribution in [3.05, 3.63) is 0 Å². The number of hydrogen-bond acceptors (Lipinski definition) is 3. The molecule has 0 saturated heterocycles. The predicted octanol–water partition coefficient (Wildman–Crippen LogP) is 3.05. The van der Waals surface area contributed by atoms with Crippen molar-refractivity contribution < 1.29 is 14.3 Å². The van der Waals surface area contributed by atoms with Gasteiger partial charge in [-0.3, -0.25) is 0 Å². The third-order valence-electron chi connectivity index (χ3n) is 3.23. The summed E-state index contributed by atoms with van der Waals surface area (Å²) >= 11 is 0. The number of hydrogen-bond donors (Lipinski definition) is 1. The molecule has 18 heavy (non-hydrogen) atoms. The van der Waals surface area contributed by atoms with E-state index in [1.54, 1.807) is 6.92 Å². The van der Waals surface area contributed by atoms with Gasteiger partial charge in [-0.25, -0.2) is 4.79 Å². The van der Waals surface area contributed by atoms with E-state index in [4.69, 9.17) is 4.74 Å². The van der Waals surface area contributed by atoms with Crippen molar-refractivity contribution in [2.45, 2.75) is 70.9 Å². The molecule has 0 radical (unpaired) electrons. The number of carbonyl (C=O) groups excluding carboxylic acids is 2. The van der Waals surface area contributed by atoms with Crippen LogP contribution < -0.4 is 5.32 Å². The van der Waals surface area contributed by atoms with Gasteiger partial charge in [0.15, 0.2) is 0 Å². The van der Waals surface area contributed by atoms with Crippen LogP contribution in [0.25, 0.3) is 0 Å². The maximum atomic E-state index is 11.7. The molecule has 0 bridgehead atoms. The molecule has 0 aromatic rings. The van der Waals surface area contributed by atoms with Gasteiger partial charge in [0, 0.05) is 0 Å². The maximum absolute atomic E-state index is 11.7. The van der Waals surface area contributed by atoms with E-state index < -0.39 is 17.2 Å². The summed E-state index contributed by atoms with van der Waals surface area (Å²) in [5, 5.41) is 2.70. The molecule has 0 spiro atoms. The summed E-state index contributed by atoms with van der Waals surface area (Å²) in [4.78, 5) is 23.0. The number of alkyl carbamates (subject to hydrolysis) is 1. The lowest BCUT2D eigenvalue weighted by Crippen LogP contribution is -2.50. The van der Waals surface area contributed by atoms with Crippen LogP contribution in [0.1, 0.15) is 59.8 Å². The molecular weight excluding hydrogens is 230 g/mol. The average molecular weight is 255 g/mol. The Labute approximate surface area is 109 Å². The Bertz CT molecular complexity index is 303. The highest BCUT2D eigenvalue weighted by molar-refractivity contribution is 5.76. The first-order valence-corrected chi connectivity index (χ1v) is 6.72. The van der Waals surface area contributed by atoms with Crippen LogP contribution in [-0.4, -0.2) is 23.5 Å². The van der Waals surface area contributed by atoms with Crippen LogP contribution in [-0.2, 0) is 9.53 Å². The molecule has 1 saturated carbocycles. The number of aldehydes is 1. The van der Waals surface area contributed by atoms with Gasteiger partial charge >= 0.3 is 6.09 Å². The molecule has 0 heterocycles. The number of carbonyl (C=O) groups is 2. The molecule has 1 fully saturated rings. The summed E-state index contributed by atoms with van der Waals surface area (Å²) in [5.74, 6) is 0.537. The average Bonchev–Trinajstić information content (AvgIpc) is 2.66. The largest absolute Gasteiger partial charge is 0.444 e. The van der Waals surface area contributed by atoms with Crippen LogP contribution in [0.4, 0.5) is 4.79 Å². The number of nitrogens with one attached hydrogen (secondary N) is 1. The highest BCUT2D eigenvalue weighted by Gasteiger charge is 2.32. The lowest BCUT2D eigenvalue weighted by molar-refractivity contribution is -0.113. The van der Waals surface area contributed by atoms with Gasteiger partial charge in [0.25, 0.3) is 0 Å². The van der Waals surface area contributed by atoms with E-state index in [0.717, 1.165) is 19.1 Å². The second-order valence-electron chi connectivity index (χ2n) is 6.52. The fraction of sp³-hybridized carbons (Fsp3) is 0.857. The Kier molecular flexibility index (Phi) is 4.77. The van der Waals surface area contributed by atoms with Gasteiger partial charge in [0.1, 0.15) is 11.9 Å². The Morgan fingerprint density at radius 2 is 1.83 bits per heavy atom. The summed E-state index contributed by atoms with van der Waals surface area (Å²) in [6, 6.07) is 0. The molecule has 4 nitrogen and oxygen atoms in total. The van der Waals surface area contributed by atoms with Crippen LogP contribution in [0.3, 0.4) is 0 Å². The summed E-state index contributed by atoms with van der Waals surface area (Å²) in [5.41, 5.74) is -1.35. The summed E-state index contributed by atoms with van der Waals surface area (Å²) in [7, 11) is 0. The quantitative estimate of drug-likeness (QED) is 0.785. The van der Waals surface area contributed by atoms with Gasteiger partial charge in [0.2, 0.25) is 0 Å². The lowest BCUT2D eigenvalue weighted by atomic mass is 9.89. The molecule has 1 aliphatic carbocycles. The minimum atomic E-state index is -0.808. The lowest BCUT2D eigenvalue weighted by Gasteiger charge is -2.29. The second-order valence-corrected chi connectivity index (χ2v) is 6.52. The van der Waals surface area contributed by atoms with E-state index in [-0.39, 0.29) is 0 Å². The van der Waals surface area contributed by atoms with E-state index >= 15 is 0 Å².